The Morgan fingerprint density at radius 2 is 2.38 bits per heavy atom. The number of aromatic nitrogens is 1. The van der Waals surface area contributed by atoms with E-state index in [0.29, 0.717) is 6.04 Å². The Labute approximate surface area is 128 Å². The first-order valence-electron chi connectivity index (χ1n) is 7.85. The molecule has 0 unspecified atom stereocenters. The van der Waals surface area contributed by atoms with Gasteiger partial charge in [0, 0.05) is 36.7 Å². The van der Waals surface area contributed by atoms with Gasteiger partial charge in [-0.2, -0.15) is 0 Å². The lowest BCUT2D eigenvalue weighted by molar-refractivity contribution is -0.124. The van der Waals surface area contributed by atoms with Crippen molar-refractivity contribution in [2.75, 3.05) is 13.2 Å². The van der Waals surface area contributed by atoms with Gasteiger partial charge in [0.15, 0.2) is 0 Å². The molecule has 1 aromatic rings. The van der Waals surface area contributed by atoms with Gasteiger partial charge in [-0.1, -0.05) is 0 Å². The summed E-state index contributed by atoms with van der Waals surface area (Å²) >= 11 is 1.70. The molecule has 0 radical (unpaired) electrons. The summed E-state index contributed by atoms with van der Waals surface area (Å²) in [5.74, 6) is 0.490. The van der Waals surface area contributed by atoms with E-state index < -0.39 is 0 Å². The summed E-state index contributed by atoms with van der Waals surface area (Å²) in [5.41, 5.74) is 0. The summed E-state index contributed by atoms with van der Waals surface area (Å²) in [5, 5.41) is 6.39. The largest absolute Gasteiger partial charge is 0.374 e. The zero-order valence-corrected chi connectivity index (χ0v) is 12.8. The van der Waals surface area contributed by atoms with Crippen LogP contribution < -0.4 is 5.32 Å². The van der Waals surface area contributed by atoms with Crippen molar-refractivity contribution in [1.82, 2.24) is 15.2 Å². The van der Waals surface area contributed by atoms with Gasteiger partial charge < -0.3 is 10.1 Å². The van der Waals surface area contributed by atoms with Crippen LogP contribution in [0.2, 0.25) is 0 Å². The van der Waals surface area contributed by atoms with Gasteiger partial charge in [0.2, 0.25) is 5.91 Å². The average Bonchev–Trinajstić information content (AvgIpc) is 3.14. The molecule has 0 aromatic carbocycles. The Kier molecular flexibility index (Phi) is 3.69. The van der Waals surface area contributed by atoms with Crippen molar-refractivity contribution in [3.05, 3.63) is 16.6 Å². The maximum Gasteiger partial charge on any atom is 0.223 e. The minimum Gasteiger partial charge on any atom is -0.374 e. The Hall–Kier alpha value is -0.980. The summed E-state index contributed by atoms with van der Waals surface area (Å²) in [6.45, 7) is 2.58. The number of likely N-dealkylation sites (tertiary alicyclic amines) is 1. The molecule has 3 fully saturated rings. The predicted molar refractivity (Wildman–Crippen MR) is 79.9 cm³/mol. The van der Waals surface area contributed by atoms with Gasteiger partial charge in [-0.15, -0.1) is 11.3 Å². The van der Waals surface area contributed by atoms with Gasteiger partial charge in [0.1, 0.15) is 5.01 Å². The quantitative estimate of drug-likeness (QED) is 0.913. The maximum atomic E-state index is 12.1. The Bertz CT molecular complexity index is 503. The Morgan fingerprint density at radius 1 is 1.48 bits per heavy atom. The minimum absolute atomic E-state index is 0.142. The van der Waals surface area contributed by atoms with E-state index in [2.05, 4.69) is 15.2 Å². The molecular weight excluding hydrogens is 286 g/mol. The monoisotopic (exact) mass is 307 g/mol. The summed E-state index contributed by atoms with van der Waals surface area (Å²) < 4.78 is 5.99. The number of thiazole rings is 1. The van der Waals surface area contributed by atoms with Gasteiger partial charge in [0.25, 0.3) is 0 Å². The van der Waals surface area contributed by atoms with Crippen LogP contribution in [-0.4, -0.2) is 47.1 Å². The number of amides is 1. The fraction of sp³-hybridized carbons (Fsp3) is 0.733. The van der Waals surface area contributed by atoms with E-state index >= 15 is 0 Å². The number of hydrogen-bond donors (Lipinski definition) is 1. The Morgan fingerprint density at radius 3 is 3.14 bits per heavy atom. The second kappa shape index (κ2) is 5.66. The average molecular weight is 307 g/mol. The van der Waals surface area contributed by atoms with E-state index in [1.165, 1.54) is 0 Å². The molecule has 2 aliphatic heterocycles. The topological polar surface area (TPSA) is 54.5 Å². The minimum atomic E-state index is 0.142. The highest BCUT2D eigenvalue weighted by Gasteiger charge is 2.45. The standard InChI is InChI=1S/C15H21N3O2S/c19-15(10-3-4-10)17-11-8-18(9-13-16-5-7-21-13)12-2-1-6-20-14(11)12/h5,7,10-12,14H,1-4,6,8-9H2,(H,17,19)/t11-,12-,14-/m1/s1. The fourth-order valence-corrected chi connectivity index (χ4v) is 4.16. The third-order valence-electron chi connectivity index (χ3n) is 4.73. The van der Waals surface area contributed by atoms with Gasteiger partial charge >= 0.3 is 0 Å². The molecule has 2 saturated heterocycles. The first-order chi connectivity index (χ1) is 10.3. The molecule has 0 bridgehead atoms. The van der Waals surface area contributed by atoms with Crippen molar-refractivity contribution in [3.63, 3.8) is 0 Å². The van der Waals surface area contributed by atoms with E-state index in [1.807, 2.05) is 11.6 Å². The number of nitrogens with zero attached hydrogens (tertiary/aromatic N) is 2. The van der Waals surface area contributed by atoms with Gasteiger partial charge in [0.05, 0.1) is 18.7 Å². The van der Waals surface area contributed by atoms with Crippen molar-refractivity contribution in [2.24, 2.45) is 5.92 Å². The van der Waals surface area contributed by atoms with Crippen LogP contribution in [0.4, 0.5) is 0 Å². The van der Waals surface area contributed by atoms with Crippen molar-refractivity contribution in [2.45, 2.75) is 50.4 Å². The molecule has 21 heavy (non-hydrogen) atoms. The molecule has 1 aromatic heterocycles. The lowest BCUT2D eigenvalue weighted by Gasteiger charge is -2.32. The van der Waals surface area contributed by atoms with E-state index in [4.69, 9.17) is 4.74 Å². The maximum absolute atomic E-state index is 12.1. The SMILES string of the molecule is O=C(N[C@@H]1CN(Cc2nccs2)[C@@H]2CCCO[C@@H]21)C1CC1. The van der Waals surface area contributed by atoms with Crippen LogP contribution >= 0.6 is 11.3 Å². The van der Waals surface area contributed by atoms with E-state index in [9.17, 15) is 4.79 Å². The number of rotatable bonds is 4. The van der Waals surface area contributed by atoms with E-state index in [1.54, 1.807) is 11.3 Å². The third kappa shape index (κ3) is 2.84. The van der Waals surface area contributed by atoms with E-state index in [-0.39, 0.29) is 24.0 Å². The van der Waals surface area contributed by atoms with Crippen LogP contribution in [0.25, 0.3) is 0 Å². The number of carbonyl (C=O) groups excluding carboxylic acids is 1. The second-order valence-corrected chi connectivity index (χ2v) is 7.27. The number of ether oxygens (including phenoxy) is 1. The zero-order chi connectivity index (χ0) is 14.2. The first kappa shape index (κ1) is 13.7. The lowest BCUT2D eigenvalue weighted by Crippen LogP contribution is -2.48. The van der Waals surface area contributed by atoms with Crippen molar-refractivity contribution in [1.29, 1.82) is 0 Å². The van der Waals surface area contributed by atoms with Crippen LogP contribution in [0, 0.1) is 5.92 Å². The molecule has 1 saturated carbocycles. The zero-order valence-electron chi connectivity index (χ0n) is 12.0. The number of nitrogens with one attached hydrogen (secondary N) is 1. The molecule has 3 heterocycles. The lowest BCUT2D eigenvalue weighted by atomic mass is 10.0. The summed E-state index contributed by atoms with van der Waals surface area (Å²) in [6.07, 6.45) is 6.38. The molecule has 4 rings (SSSR count). The fourth-order valence-electron chi connectivity index (χ4n) is 3.51. The van der Waals surface area contributed by atoms with Gasteiger partial charge in [-0.3, -0.25) is 9.69 Å². The smallest absolute Gasteiger partial charge is 0.223 e. The van der Waals surface area contributed by atoms with Gasteiger partial charge in [-0.25, -0.2) is 4.98 Å². The summed E-state index contributed by atoms with van der Waals surface area (Å²) in [6, 6.07) is 0.565. The molecular formula is C15H21N3O2S. The number of fused-ring (bicyclic) bond motifs is 1. The molecule has 3 atom stereocenters. The normalized spacial score (nSPS) is 32.9. The van der Waals surface area contributed by atoms with Crippen LogP contribution in [0.15, 0.2) is 11.6 Å². The van der Waals surface area contributed by atoms with Crippen LogP contribution in [0.3, 0.4) is 0 Å². The third-order valence-corrected chi connectivity index (χ3v) is 5.49. The molecule has 1 N–H and O–H groups in total. The van der Waals surface area contributed by atoms with Crippen molar-refractivity contribution >= 4 is 17.2 Å². The molecule has 114 valence electrons. The van der Waals surface area contributed by atoms with E-state index in [0.717, 1.165) is 50.4 Å². The van der Waals surface area contributed by atoms with Crippen molar-refractivity contribution in [3.8, 4) is 0 Å². The van der Waals surface area contributed by atoms with Crippen LogP contribution in [0.5, 0.6) is 0 Å². The van der Waals surface area contributed by atoms with Gasteiger partial charge in [-0.05, 0) is 25.7 Å². The van der Waals surface area contributed by atoms with Crippen LogP contribution in [-0.2, 0) is 16.1 Å². The summed E-state index contributed by atoms with van der Waals surface area (Å²) in [7, 11) is 0. The first-order valence-corrected chi connectivity index (χ1v) is 8.73. The highest BCUT2D eigenvalue weighted by molar-refractivity contribution is 7.09. The molecule has 0 spiro atoms. The predicted octanol–water partition coefficient (Wildman–Crippen LogP) is 1.40. The van der Waals surface area contributed by atoms with Crippen molar-refractivity contribution < 1.29 is 9.53 Å². The van der Waals surface area contributed by atoms with Crippen LogP contribution in [0.1, 0.15) is 30.7 Å². The molecule has 3 aliphatic rings. The number of hydrogen-bond acceptors (Lipinski definition) is 5. The Balaban J connectivity index is 1.45. The molecule has 1 amide bonds. The highest BCUT2D eigenvalue weighted by Crippen LogP contribution is 2.33. The second-order valence-electron chi connectivity index (χ2n) is 6.29. The molecule has 1 aliphatic carbocycles. The molecule has 5 nitrogen and oxygen atoms in total. The number of carbonyl (C=O) groups is 1. The summed E-state index contributed by atoms with van der Waals surface area (Å²) in [4.78, 5) is 18.9. The highest BCUT2D eigenvalue weighted by atomic mass is 32.1. The molecule has 6 heteroatoms.